The average molecular weight is 443 g/mol. The van der Waals surface area contributed by atoms with Crippen molar-refractivity contribution >= 4 is 28.5 Å². The number of nitrogens with one attached hydrogen (secondary N) is 2. The van der Waals surface area contributed by atoms with E-state index in [1.165, 1.54) is 0 Å². The highest BCUT2D eigenvalue weighted by molar-refractivity contribution is 5.98. The zero-order chi connectivity index (χ0) is 22.9. The Morgan fingerprint density at radius 1 is 1.18 bits per heavy atom. The molecule has 0 bridgehead atoms. The average Bonchev–Trinajstić information content (AvgIpc) is 3.53. The number of benzene rings is 2. The van der Waals surface area contributed by atoms with Crippen molar-refractivity contribution in [3.63, 3.8) is 0 Å². The molecule has 0 radical (unpaired) electrons. The summed E-state index contributed by atoms with van der Waals surface area (Å²) < 4.78 is 2.02. The van der Waals surface area contributed by atoms with Gasteiger partial charge in [-0.1, -0.05) is 18.2 Å². The van der Waals surface area contributed by atoms with Crippen molar-refractivity contribution in [2.75, 3.05) is 18.4 Å². The van der Waals surface area contributed by atoms with E-state index in [1.54, 1.807) is 11.1 Å². The smallest absolute Gasteiger partial charge is 0.254 e. The van der Waals surface area contributed by atoms with Crippen LogP contribution in [0.5, 0.6) is 0 Å². The topological polar surface area (TPSA) is 95.9 Å². The SMILES string of the molecule is Cc1nc2ccc(NC(=O)C3CCN(C(=O)c4ccccc4Cn4ccnc4C)C3)cc2[nH]1. The van der Waals surface area contributed by atoms with Gasteiger partial charge in [0.25, 0.3) is 5.91 Å². The molecule has 2 N–H and O–H groups in total. The maximum Gasteiger partial charge on any atom is 0.254 e. The fourth-order valence-electron chi connectivity index (χ4n) is 4.41. The van der Waals surface area contributed by atoms with Crippen LogP contribution in [0.25, 0.3) is 11.0 Å². The van der Waals surface area contributed by atoms with E-state index < -0.39 is 0 Å². The van der Waals surface area contributed by atoms with Crippen LogP contribution in [0, 0.1) is 19.8 Å². The number of hydrogen-bond donors (Lipinski definition) is 2. The standard InChI is InChI=1S/C25H26N6O2/c1-16-27-22-8-7-20(13-23(22)28-16)29-24(32)19-9-11-31(15-19)25(33)21-6-4-3-5-18(21)14-30-12-10-26-17(30)2/h3-8,10,12-13,19H,9,11,14-15H2,1-2H3,(H,27,28)(H,29,32). The number of carbonyl (C=O) groups excluding carboxylic acids is 2. The van der Waals surface area contributed by atoms with E-state index in [2.05, 4.69) is 20.3 Å². The molecule has 0 aliphatic carbocycles. The number of rotatable bonds is 5. The number of amides is 2. The van der Waals surface area contributed by atoms with Crippen LogP contribution in [-0.2, 0) is 11.3 Å². The zero-order valence-corrected chi connectivity index (χ0v) is 18.7. The molecule has 33 heavy (non-hydrogen) atoms. The molecular formula is C25H26N6O2. The molecule has 8 heteroatoms. The van der Waals surface area contributed by atoms with Crippen LogP contribution in [0.2, 0.25) is 0 Å². The van der Waals surface area contributed by atoms with E-state index in [-0.39, 0.29) is 17.7 Å². The number of nitrogens with zero attached hydrogens (tertiary/aromatic N) is 4. The van der Waals surface area contributed by atoms with Crippen molar-refractivity contribution in [2.24, 2.45) is 5.92 Å². The van der Waals surface area contributed by atoms with E-state index >= 15 is 0 Å². The van der Waals surface area contributed by atoms with Gasteiger partial charge in [-0.2, -0.15) is 0 Å². The lowest BCUT2D eigenvalue weighted by Crippen LogP contribution is -2.32. The van der Waals surface area contributed by atoms with Crippen LogP contribution >= 0.6 is 0 Å². The Kier molecular flexibility index (Phi) is 5.42. The number of aromatic amines is 1. The third kappa shape index (κ3) is 4.24. The molecule has 5 rings (SSSR count). The zero-order valence-electron chi connectivity index (χ0n) is 18.7. The summed E-state index contributed by atoms with van der Waals surface area (Å²) in [7, 11) is 0. The van der Waals surface area contributed by atoms with Gasteiger partial charge < -0.3 is 19.8 Å². The fraction of sp³-hybridized carbons (Fsp3) is 0.280. The Labute approximate surface area is 191 Å². The largest absolute Gasteiger partial charge is 0.342 e. The van der Waals surface area contributed by atoms with E-state index in [1.807, 2.05) is 67.1 Å². The molecule has 2 amide bonds. The number of likely N-dealkylation sites (tertiary alicyclic amines) is 1. The van der Waals surface area contributed by atoms with Crippen molar-refractivity contribution in [1.29, 1.82) is 0 Å². The number of H-pyrrole nitrogens is 1. The molecule has 0 spiro atoms. The summed E-state index contributed by atoms with van der Waals surface area (Å²) in [5, 5.41) is 3.00. The Bertz CT molecular complexity index is 1340. The van der Waals surface area contributed by atoms with E-state index in [0.29, 0.717) is 31.6 Å². The van der Waals surface area contributed by atoms with Crippen molar-refractivity contribution in [3.8, 4) is 0 Å². The predicted octanol–water partition coefficient (Wildman–Crippen LogP) is 3.53. The molecular weight excluding hydrogens is 416 g/mol. The number of fused-ring (bicyclic) bond motifs is 1. The van der Waals surface area contributed by atoms with Crippen molar-refractivity contribution in [3.05, 3.63) is 77.6 Å². The molecule has 1 atom stereocenters. The molecule has 1 saturated heterocycles. The molecule has 8 nitrogen and oxygen atoms in total. The Morgan fingerprint density at radius 3 is 2.85 bits per heavy atom. The lowest BCUT2D eigenvalue weighted by Gasteiger charge is -2.19. The second-order valence-electron chi connectivity index (χ2n) is 8.54. The molecule has 1 aliphatic heterocycles. The van der Waals surface area contributed by atoms with Crippen LogP contribution in [-0.4, -0.2) is 49.3 Å². The quantitative estimate of drug-likeness (QED) is 0.494. The molecule has 0 saturated carbocycles. The van der Waals surface area contributed by atoms with Crippen LogP contribution in [0.15, 0.2) is 54.9 Å². The summed E-state index contributed by atoms with van der Waals surface area (Å²) in [6.07, 6.45) is 4.31. The number of aromatic nitrogens is 4. The lowest BCUT2D eigenvalue weighted by molar-refractivity contribution is -0.119. The molecule has 1 fully saturated rings. The molecule has 1 unspecified atom stereocenters. The van der Waals surface area contributed by atoms with Crippen molar-refractivity contribution in [1.82, 2.24) is 24.4 Å². The first-order chi connectivity index (χ1) is 16.0. The van der Waals surface area contributed by atoms with Crippen molar-refractivity contribution < 1.29 is 9.59 Å². The van der Waals surface area contributed by atoms with Crippen LogP contribution < -0.4 is 5.32 Å². The highest BCUT2D eigenvalue weighted by Crippen LogP contribution is 2.24. The molecule has 2 aromatic carbocycles. The first-order valence-electron chi connectivity index (χ1n) is 11.1. The van der Waals surface area contributed by atoms with Crippen LogP contribution in [0.3, 0.4) is 0 Å². The Balaban J connectivity index is 1.26. The third-order valence-corrected chi connectivity index (χ3v) is 6.23. The summed E-state index contributed by atoms with van der Waals surface area (Å²) >= 11 is 0. The first-order valence-corrected chi connectivity index (χ1v) is 11.1. The monoisotopic (exact) mass is 442 g/mol. The summed E-state index contributed by atoms with van der Waals surface area (Å²) in [4.78, 5) is 39.8. The second-order valence-corrected chi connectivity index (χ2v) is 8.54. The molecule has 1 aliphatic rings. The third-order valence-electron chi connectivity index (χ3n) is 6.23. The highest BCUT2D eigenvalue weighted by Gasteiger charge is 2.32. The fourth-order valence-corrected chi connectivity index (χ4v) is 4.41. The van der Waals surface area contributed by atoms with Crippen LogP contribution in [0.4, 0.5) is 5.69 Å². The van der Waals surface area contributed by atoms with Gasteiger partial charge in [0.1, 0.15) is 11.6 Å². The maximum absolute atomic E-state index is 13.3. The first kappa shape index (κ1) is 20.9. The summed E-state index contributed by atoms with van der Waals surface area (Å²) in [5.74, 6) is 1.40. The summed E-state index contributed by atoms with van der Waals surface area (Å²) in [5.41, 5.74) is 4.10. The van der Waals surface area contributed by atoms with Gasteiger partial charge in [-0.15, -0.1) is 0 Å². The molecule has 4 aromatic rings. The number of imidazole rings is 2. The Hall–Kier alpha value is -3.94. The number of anilines is 1. The van der Waals surface area contributed by atoms with Crippen molar-refractivity contribution in [2.45, 2.75) is 26.8 Å². The van der Waals surface area contributed by atoms with Gasteiger partial charge in [0.05, 0.1) is 17.0 Å². The number of aryl methyl sites for hydroxylation is 2. The van der Waals surface area contributed by atoms with E-state index in [9.17, 15) is 9.59 Å². The molecule has 2 aromatic heterocycles. The number of carbonyl (C=O) groups is 2. The second kappa shape index (κ2) is 8.54. The van der Waals surface area contributed by atoms with Gasteiger partial charge >= 0.3 is 0 Å². The minimum Gasteiger partial charge on any atom is -0.342 e. The minimum atomic E-state index is -0.240. The summed E-state index contributed by atoms with van der Waals surface area (Å²) in [6.45, 7) is 5.40. The predicted molar refractivity (Wildman–Crippen MR) is 126 cm³/mol. The lowest BCUT2D eigenvalue weighted by atomic mass is 10.1. The van der Waals surface area contributed by atoms with Gasteiger partial charge in [0.15, 0.2) is 0 Å². The normalized spacial score (nSPS) is 15.8. The van der Waals surface area contributed by atoms with Gasteiger partial charge in [-0.05, 0) is 50.1 Å². The van der Waals surface area contributed by atoms with E-state index in [4.69, 9.17) is 0 Å². The van der Waals surface area contributed by atoms with Crippen LogP contribution in [0.1, 0.15) is 34.0 Å². The van der Waals surface area contributed by atoms with E-state index in [0.717, 1.165) is 33.9 Å². The van der Waals surface area contributed by atoms with Gasteiger partial charge in [-0.25, -0.2) is 9.97 Å². The molecule has 168 valence electrons. The number of hydrogen-bond acceptors (Lipinski definition) is 4. The van der Waals surface area contributed by atoms with Gasteiger partial charge in [0, 0.05) is 43.3 Å². The maximum atomic E-state index is 13.3. The minimum absolute atomic E-state index is 0.0342. The highest BCUT2D eigenvalue weighted by atomic mass is 16.2. The molecule has 3 heterocycles. The Morgan fingerprint density at radius 2 is 2.03 bits per heavy atom. The van der Waals surface area contributed by atoms with Gasteiger partial charge in [0.2, 0.25) is 5.91 Å². The van der Waals surface area contributed by atoms with Gasteiger partial charge in [-0.3, -0.25) is 9.59 Å². The summed E-state index contributed by atoms with van der Waals surface area (Å²) in [6, 6.07) is 13.3.